The van der Waals surface area contributed by atoms with Crippen LogP contribution in [0.2, 0.25) is 0 Å². The smallest absolute Gasteiger partial charge is 0.329 e. The van der Waals surface area contributed by atoms with E-state index in [1.807, 2.05) is 18.0 Å². The lowest BCUT2D eigenvalue weighted by Crippen LogP contribution is -2.49. The lowest BCUT2D eigenvalue weighted by molar-refractivity contribution is -0.122. The number of imide groups is 1. The zero-order chi connectivity index (χ0) is 22.3. The first kappa shape index (κ1) is 20.8. The summed E-state index contributed by atoms with van der Waals surface area (Å²) in [7, 11) is 0. The van der Waals surface area contributed by atoms with Crippen LogP contribution < -0.4 is 15.1 Å². The Kier molecular flexibility index (Phi) is 5.16. The molecule has 4 rings (SSSR count). The van der Waals surface area contributed by atoms with Crippen molar-refractivity contribution in [1.82, 2.24) is 15.2 Å². The fourth-order valence-corrected chi connectivity index (χ4v) is 4.20. The van der Waals surface area contributed by atoms with Gasteiger partial charge in [0.25, 0.3) is 11.8 Å². The molecular weight excluding hydrogens is 394 g/mol. The van der Waals surface area contributed by atoms with E-state index in [9.17, 15) is 14.4 Å². The summed E-state index contributed by atoms with van der Waals surface area (Å²) in [5, 5.41) is 2.33. The van der Waals surface area contributed by atoms with Gasteiger partial charge in [-0.15, -0.1) is 0 Å². The average Bonchev–Trinajstić information content (AvgIpc) is 2.94. The van der Waals surface area contributed by atoms with Crippen LogP contribution in [0.15, 0.2) is 36.5 Å². The van der Waals surface area contributed by atoms with Crippen LogP contribution in [-0.2, 0) is 4.79 Å². The Hall–Kier alpha value is -3.42. The van der Waals surface area contributed by atoms with Crippen LogP contribution in [0.3, 0.4) is 0 Å². The van der Waals surface area contributed by atoms with E-state index < -0.39 is 11.6 Å². The zero-order valence-electron chi connectivity index (χ0n) is 18.3. The van der Waals surface area contributed by atoms with Gasteiger partial charge in [-0.05, 0) is 63.1 Å². The Morgan fingerprint density at radius 1 is 1.03 bits per heavy atom. The number of hydrogen-bond acceptors (Lipinski definition) is 5. The summed E-state index contributed by atoms with van der Waals surface area (Å²) in [4.78, 5) is 47.2. The van der Waals surface area contributed by atoms with E-state index >= 15 is 0 Å². The number of hydrogen-bond donors (Lipinski definition) is 1. The quantitative estimate of drug-likeness (QED) is 0.770. The highest BCUT2D eigenvalue weighted by molar-refractivity contribution is 6.16. The number of carbonyl (C=O) groups is 3. The third kappa shape index (κ3) is 3.73. The fraction of sp³-hybridized carbons (Fsp3) is 0.391. The van der Waals surface area contributed by atoms with Crippen molar-refractivity contribution in [3.63, 3.8) is 0 Å². The van der Waals surface area contributed by atoms with Crippen molar-refractivity contribution in [3.05, 3.63) is 53.2 Å². The number of aromatic nitrogens is 1. The Morgan fingerprint density at radius 2 is 1.68 bits per heavy atom. The molecule has 2 aromatic rings. The fourth-order valence-electron chi connectivity index (χ4n) is 4.20. The normalized spacial score (nSPS) is 18.4. The first-order valence-electron chi connectivity index (χ1n) is 10.4. The van der Waals surface area contributed by atoms with E-state index in [1.54, 1.807) is 38.1 Å². The van der Waals surface area contributed by atoms with Crippen LogP contribution in [0.5, 0.6) is 0 Å². The number of amides is 4. The minimum Gasteiger partial charge on any atom is -0.353 e. The molecule has 2 saturated heterocycles. The number of piperazine rings is 1. The molecule has 1 aromatic carbocycles. The molecule has 3 heterocycles. The SMILES string of the molecule is Cc1cnc(N2CCN(C(=O)c3ccc(N4C(=O)NC(=O)C4(C)C)cc3)CC2)c(C)c1. The molecule has 8 nitrogen and oxygen atoms in total. The Bertz CT molecular complexity index is 1040. The molecule has 0 unspecified atom stereocenters. The number of nitrogens with zero attached hydrogens (tertiary/aromatic N) is 4. The molecule has 8 heteroatoms. The predicted octanol–water partition coefficient (Wildman–Crippen LogP) is 2.50. The molecular formula is C23H27N5O3. The highest BCUT2D eigenvalue weighted by Gasteiger charge is 2.46. The Labute approximate surface area is 181 Å². The van der Waals surface area contributed by atoms with E-state index in [1.165, 1.54) is 4.90 Å². The maximum atomic E-state index is 13.0. The van der Waals surface area contributed by atoms with Gasteiger partial charge in [-0.2, -0.15) is 0 Å². The Balaban J connectivity index is 1.43. The van der Waals surface area contributed by atoms with Crippen molar-refractivity contribution < 1.29 is 14.4 Å². The minimum atomic E-state index is -0.971. The van der Waals surface area contributed by atoms with Crippen molar-refractivity contribution in [3.8, 4) is 0 Å². The first-order chi connectivity index (χ1) is 14.7. The maximum Gasteiger partial charge on any atom is 0.329 e. The summed E-state index contributed by atoms with van der Waals surface area (Å²) in [5.74, 6) is 0.595. The van der Waals surface area contributed by atoms with Gasteiger partial charge in [0.05, 0.1) is 0 Å². The summed E-state index contributed by atoms with van der Waals surface area (Å²) in [5.41, 5.74) is 2.45. The van der Waals surface area contributed by atoms with E-state index in [0.29, 0.717) is 24.3 Å². The van der Waals surface area contributed by atoms with Crippen molar-refractivity contribution in [1.29, 1.82) is 0 Å². The molecule has 1 N–H and O–H groups in total. The first-order valence-corrected chi connectivity index (χ1v) is 10.4. The van der Waals surface area contributed by atoms with Gasteiger partial charge in [-0.1, -0.05) is 6.07 Å². The highest BCUT2D eigenvalue weighted by atomic mass is 16.2. The molecule has 0 radical (unpaired) electrons. The molecule has 0 saturated carbocycles. The molecule has 0 spiro atoms. The third-order valence-electron chi connectivity index (χ3n) is 5.96. The number of anilines is 2. The summed E-state index contributed by atoms with van der Waals surface area (Å²) in [6, 6.07) is 8.51. The van der Waals surface area contributed by atoms with Gasteiger partial charge in [-0.3, -0.25) is 19.8 Å². The summed E-state index contributed by atoms with van der Waals surface area (Å²) >= 11 is 0. The Morgan fingerprint density at radius 3 is 2.23 bits per heavy atom. The van der Waals surface area contributed by atoms with Crippen molar-refractivity contribution in [2.45, 2.75) is 33.2 Å². The van der Waals surface area contributed by atoms with E-state index in [2.05, 4.69) is 28.2 Å². The third-order valence-corrected chi connectivity index (χ3v) is 5.96. The second kappa shape index (κ2) is 7.68. The molecule has 0 aliphatic carbocycles. The van der Waals surface area contributed by atoms with Gasteiger partial charge in [0.2, 0.25) is 0 Å². The monoisotopic (exact) mass is 421 g/mol. The van der Waals surface area contributed by atoms with Gasteiger partial charge in [0.15, 0.2) is 0 Å². The molecule has 162 valence electrons. The van der Waals surface area contributed by atoms with E-state index in [4.69, 9.17) is 0 Å². The standard InChI is InChI=1S/C23H27N5O3/c1-15-13-16(2)19(24-14-15)26-9-11-27(12-10-26)20(29)17-5-7-18(8-6-17)28-22(31)25-21(30)23(28,3)4/h5-8,13-14H,9-12H2,1-4H3,(H,25,30,31). The van der Waals surface area contributed by atoms with Gasteiger partial charge < -0.3 is 9.80 Å². The minimum absolute atomic E-state index is 0.0407. The van der Waals surface area contributed by atoms with Crippen LogP contribution in [0.4, 0.5) is 16.3 Å². The molecule has 31 heavy (non-hydrogen) atoms. The number of rotatable bonds is 3. The zero-order valence-corrected chi connectivity index (χ0v) is 18.3. The second-order valence-corrected chi connectivity index (χ2v) is 8.63. The number of aryl methyl sites for hydroxylation is 2. The number of nitrogens with one attached hydrogen (secondary N) is 1. The average molecular weight is 422 g/mol. The largest absolute Gasteiger partial charge is 0.353 e. The van der Waals surface area contributed by atoms with Gasteiger partial charge in [-0.25, -0.2) is 9.78 Å². The molecule has 2 fully saturated rings. The molecule has 2 aliphatic heterocycles. The van der Waals surface area contributed by atoms with Crippen molar-refractivity contribution >= 4 is 29.4 Å². The molecule has 1 aromatic heterocycles. The number of carbonyl (C=O) groups excluding carboxylic acids is 3. The summed E-state index contributed by atoms with van der Waals surface area (Å²) < 4.78 is 0. The highest BCUT2D eigenvalue weighted by Crippen LogP contribution is 2.29. The van der Waals surface area contributed by atoms with Crippen LogP contribution in [0.1, 0.15) is 35.3 Å². The second-order valence-electron chi connectivity index (χ2n) is 8.63. The van der Waals surface area contributed by atoms with Crippen molar-refractivity contribution in [2.24, 2.45) is 0 Å². The summed E-state index contributed by atoms with van der Waals surface area (Å²) in [6.45, 7) is 10.2. The number of urea groups is 1. The molecule has 4 amide bonds. The van der Waals surface area contributed by atoms with Crippen molar-refractivity contribution in [2.75, 3.05) is 36.0 Å². The van der Waals surface area contributed by atoms with Gasteiger partial charge in [0.1, 0.15) is 11.4 Å². The molecule has 0 atom stereocenters. The maximum absolute atomic E-state index is 13.0. The number of pyridine rings is 1. The van der Waals surface area contributed by atoms with Gasteiger partial charge in [0, 0.05) is 43.6 Å². The van der Waals surface area contributed by atoms with Crippen LogP contribution in [0.25, 0.3) is 0 Å². The molecule has 0 bridgehead atoms. The van der Waals surface area contributed by atoms with Crippen LogP contribution in [0, 0.1) is 13.8 Å². The van der Waals surface area contributed by atoms with Crippen LogP contribution in [-0.4, -0.2) is 59.4 Å². The van der Waals surface area contributed by atoms with Crippen LogP contribution >= 0.6 is 0 Å². The van der Waals surface area contributed by atoms with E-state index in [-0.39, 0.29) is 11.8 Å². The lowest BCUT2D eigenvalue weighted by Gasteiger charge is -2.36. The van der Waals surface area contributed by atoms with Gasteiger partial charge >= 0.3 is 6.03 Å². The summed E-state index contributed by atoms with van der Waals surface area (Å²) in [6.07, 6.45) is 1.87. The predicted molar refractivity (Wildman–Crippen MR) is 118 cm³/mol. The molecule has 2 aliphatic rings. The number of benzene rings is 1. The topological polar surface area (TPSA) is 85.8 Å². The lowest BCUT2D eigenvalue weighted by atomic mass is 10.0. The van der Waals surface area contributed by atoms with E-state index in [0.717, 1.165) is 30.0 Å².